The van der Waals surface area contributed by atoms with Crippen molar-refractivity contribution in [2.24, 2.45) is 0 Å². The first kappa shape index (κ1) is 15.5. The van der Waals surface area contributed by atoms with Gasteiger partial charge in [0.05, 0.1) is 12.3 Å². The van der Waals surface area contributed by atoms with Crippen molar-refractivity contribution in [1.82, 2.24) is 9.88 Å². The molecule has 1 N–H and O–H groups in total. The van der Waals surface area contributed by atoms with Crippen molar-refractivity contribution in [3.63, 3.8) is 0 Å². The molecule has 1 heterocycles. The van der Waals surface area contributed by atoms with E-state index in [1.165, 1.54) is 11.3 Å². The van der Waals surface area contributed by atoms with E-state index < -0.39 is 0 Å². The second-order valence-electron chi connectivity index (χ2n) is 4.80. The summed E-state index contributed by atoms with van der Waals surface area (Å²) >= 11 is 1.43. The molecule has 0 fully saturated rings. The van der Waals surface area contributed by atoms with Gasteiger partial charge in [-0.3, -0.25) is 10.1 Å². The van der Waals surface area contributed by atoms with Crippen LogP contribution in [0.1, 0.15) is 23.0 Å². The fourth-order valence-corrected chi connectivity index (χ4v) is 2.52. The first-order chi connectivity index (χ1) is 10.1. The zero-order chi connectivity index (χ0) is 15.2. The van der Waals surface area contributed by atoms with E-state index in [1.807, 2.05) is 37.4 Å². The monoisotopic (exact) mass is 305 g/mol. The topological polar surface area (TPSA) is 54.5 Å². The van der Waals surface area contributed by atoms with Gasteiger partial charge in [0.25, 0.3) is 5.91 Å². The predicted octanol–water partition coefficient (Wildman–Crippen LogP) is 2.86. The first-order valence-corrected chi connectivity index (χ1v) is 7.59. The molecule has 2 aromatic rings. The predicted molar refractivity (Wildman–Crippen MR) is 85.1 cm³/mol. The number of benzene rings is 1. The second-order valence-corrected chi connectivity index (χ2v) is 5.65. The number of rotatable bonds is 6. The first-order valence-electron chi connectivity index (χ1n) is 6.72. The van der Waals surface area contributed by atoms with Crippen molar-refractivity contribution in [3.8, 4) is 5.75 Å². The minimum absolute atomic E-state index is 0.178. The Kier molecular flexibility index (Phi) is 5.30. The van der Waals surface area contributed by atoms with Crippen LogP contribution in [0.25, 0.3) is 0 Å². The molecule has 112 valence electrons. The van der Waals surface area contributed by atoms with Crippen LogP contribution in [0.5, 0.6) is 5.75 Å². The molecule has 0 saturated carbocycles. The van der Waals surface area contributed by atoms with Gasteiger partial charge in [-0.25, -0.2) is 4.98 Å². The lowest BCUT2D eigenvalue weighted by atomic mass is 10.2. The Morgan fingerprint density at radius 1 is 1.43 bits per heavy atom. The normalized spacial score (nSPS) is 10.7. The number of aromatic nitrogens is 1. The average molecular weight is 305 g/mol. The van der Waals surface area contributed by atoms with Gasteiger partial charge >= 0.3 is 0 Å². The van der Waals surface area contributed by atoms with Crippen molar-refractivity contribution in [3.05, 3.63) is 40.9 Å². The zero-order valence-corrected chi connectivity index (χ0v) is 13.2. The third-order valence-electron chi connectivity index (χ3n) is 2.66. The molecule has 0 atom stereocenters. The molecule has 0 spiro atoms. The van der Waals surface area contributed by atoms with E-state index in [0.717, 1.165) is 12.2 Å². The average Bonchev–Trinajstić information content (AvgIpc) is 2.86. The minimum atomic E-state index is -0.178. The quantitative estimate of drug-likeness (QED) is 0.891. The Morgan fingerprint density at radius 2 is 2.24 bits per heavy atom. The summed E-state index contributed by atoms with van der Waals surface area (Å²) in [4.78, 5) is 18.6. The molecule has 2 rings (SSSR count). The van der Waals surface area contributed by atoms with Crippen LogP contribution in [0.3, 0.4) is 0 Å². The number of amides is 1. The number of nitrogens with zero attached hydrogens (tertiary/aromatic N) is 2. The van der Waals surface area contributed by atoms with E-state index in [9.17, 15) is 4.79 Å². The largest absolute Gasteiger partial charge is 0.494 e. The lowest BCUT2D eigenvalue weighted by Crippen LogP contribution is -2.13. The van der Waals surface area contributed by atoms with Crippen LogP contribution in [0.2, 0.25) is 0 Å². The Balaban J connectivity index is 2.03. The molecule has 1 aromatic heterocycles. The Bertz CT molecular complexity index is 610. The van der Waals surface area contributed by atoms with Crippen molar-refractivity contribution >= 4 is 22.4 Å². The van der Waals surface area contributed by atoms with Crippen LogP contribution in [0.15, 0.2) is 29.6 Å². The van der Waals surface area contributed by atoms with E-state index in [2.05, 4.69) is 10.3 Å². The fraction of sp³-hybridized carbons (Fsp3) is 0.333. The van der Waals surface area contributed by atoms with Gasteiger partial charge in [0.1, 0.15) is 5.75 Å². The highest BCUT2D eigenvalue weighted by Crippen LogP contribution is 2.19. The maximum Gasteiger partial charge on any atom is 0.257 e. The maximum absolute atomic E-state index is 12.2. The summed E-state index contributed by atoms with van der Waals surface area (Å²) in [6.07, 6.45) is 0. The van der Waals surface area contributed by atoms with Crippen LogP contribution in [-0.4, -0.2) is 36.5 Å². The molecular weight excluding hydrogens is 286 g/mol. The Hall–Kier alpha value is -1.92. The van der Waals surface area contributed by atoms with E-state index >= 15 is 0 Å². The summed E-state index contributed by atoms with van der Waals surface area (Å²) in [7, 11) is 3.97. The number of carbonyl (C=O) groups is 1. The molecule has 1 aromatic carbocycles. The van der Waals surface area contributed by atoms with Gasteiger partial charge in [-0.15, -0.1) is 11.3 Å². The molecule has 0 radical (unpaired) electrons. The molecule has 5 nitrogen and oxygen atoms in total. The number of anilines is 1. The highest BCUT2D eigenvalue weighted by molar-refractivity contribution is 7.13. The van der Waals surface area contributed by atoms with Gasteiger partial charge in [-0.05, 0) is 39.2 Å². The third-order valence-corrected chi connectivity index (χ3v) is 3.46. The summed E-state index contributed by atoms with van der Waals surface area (Å²) in [5, 5.41) is 5.38. The van der Waals surface area contributed by atoms with E-state index in [0.29, 0.717) is 23.1 Å². The van der Waals surface area contributed by atoms with Crippen molar-refractivity contribution in [2.75, 3.05) is 26.0 Å². The van der Waals surface area contributed by atoms with Gasteiger partial charge in [0.15, 0.2) is 5.13 Å². The van der Waals surface area contributed by atoms with Gasteiger partial charge in [-0.2, -0.15) is 0 Å². The number of nitrogens with one attached hydrogen (secondary N) is 1. The molecular formula is C15H19N3O2S. The third kappa shape index (κ3) is 4.54. The Morgan fingerprint density at radius 3 is 2.95 bits per heavy atom. The smallest absolute Gasteiger partial charge is 0.257 e. The van der Waals surface area contributed by atoms with Gasteiger partial charge < -0.3 is 9.64 Å². The highest BCUT2D eigenvalue weighted by Gasteiger charge is 2.10. The number of thiazole rings is 1. The van der Waals surface area contributed by atoms with E-state index in [1.54, 1.807) is 18.2 Å². The van der Waals surface area contributed by atoms with Crippen LogP contribution < -0.4 is 10.1 Å². The molecule has 0 aliphatic carbocycles. The van der Waals surface area contributed by atoms with Gasteiger partial charge in [-0.1, -0.05) is 6.07 Å². The highest BCUT2D eigenvalue weighted by atomic mass is 32.1. The van der Waals surface area contributed by atoms with E-state index in [4.69, 9.17) is 4.74 Å². The van der Waals surface area contributed by atoms with Crippen LogP contribution in [-0.2, 0) is 6.54 Å². The van der Waals surface area contributed by atoms with Crippen molar-refractivity contribution in [1.29, 1.82) is 0 Å². The molecule has 21 heavy (non-hydrogen) atoms. The minimum Gasteiger partial charge on any atom is -0.494 e. The van der Waals surface area contributed by atoms with Crippen LogP contribution >= 0.6 is 11.3 Å². The number of carbonyl (C=O) groups excluding carboxylic acids is 1. The van der Waals surface area contributed by atoms with E-state index in [-0.39, 0.29) is 5.91 Å². The summed E-state index contributed by atoms with van der Waals surface area (Å²) in [6.45, 7) is 3.24. The van der Waals surface area contributed by atoms with Crippen molar-refractivity contribution in [2.45, 2.75) is 13.5 Å². The summed E-state index contributed by atoms with van der Waals surface area (Å²) < 4.78 is 5.40. The molecule has 0 bridgehead atoms. The fourth-order valence-electron chi connectivity index (χ4n) is 1.82. The summed E-state index contributed by atoms with van der Waals surface area (Å²) in [5.41, 5.74) is 1.51. The lowest BCUT2D eigenvalue weighted by molar-refractivity contribution is 0.102. The zero-order valence-electron chi connectivity index (χ0n) is 12.4. The molecule has 0 aliphatic heterocycles. The van der Waals surface area contributed by atoms with Crippen LogP contribution in [0, 0.1) is 0 Å². The number of hydrogen-bond acceptors (Lipinski definition) is 5. The van der Waals surface area contributed by atoms with Gasteiger partial charge in [0, 0.05) is 17.5 Å². The lowest BCUT2D eigenvalue weighted by Gasteiger charge is -2.06. The number of hydrogen-bond donors (Lipinski definition) is 1. The Labute approximate surface area is 128 Å². The number of ether oxygens (including phenoxy) is 1. The molecule has 0 aliphatic rings. The SMILES string of the molecule is CCOc1cccc(C(=O)Nc2nc(CN(C)C)cs2)c1. The standard InChI is InChI=1S/C15H19N3O2S/c1-4-20-13-7-5-6-11(8-13)14(19)17-15-16-12(10-21-15)9-18(2)3/h5-8,10H,4,9H2,1-3H3,(H,16,17,19). The van der Waals surface area contributed by atoms with Crippen LogP contribution in [0.4, 0.5) is 5.13 Å². The van der Waals surface area contributed by atoms with Gasteiger partial charge in [0.2, 0.25) is 0 Å². The second kappa shape index (κ2) is 7.19. The molecule has 1 amide bonds. The molecule has 0 unspecified atom stereocenters. The van der Waals surface area contributed by atoms with Crippen molar-refractivity contribution < 1.29 is 9.53 Å². The summed E-state index contributed by atoms with van der Waals surface area (Å²) in [6, 6.07) is 7.12. The maximum atomic E-state index is 12.2. The summed E-state index contributed by atoms with van der Waals surface area (Å²) in [5.74, 6) is 0.514. The molecule has 6 heteroatoms. The molecule has 0 saturated heterocycles.